The Morgan fingerprint density at radius 1 is 0.778 bits per heavy atom. The molecule has 0 amide bonds. The van der Waals surface area contributed by atoms with Crippen molar-refractivity contribution in [2.75, 3.05) is 0 Å². The Hall–Kier alpha value is -0.890. The van der Waals surface area contributed by atoms with E-state index in [9.17, 15) is 39.5 Å². The number of allylic oxidation sites excluding steroid dienone is 2. The molecule has 0 aromatic heterocycles. The molecule has 108 valence electrons. The molecular weight excluding hydrogens is 279 g/mol. The number of rotatable bonds is 2. The van der Waals surface area contributed by atoms with Crippen LogP contribution in [0.15, 0.2) is 11.6 Å². The van der Waals surface area contributed by atoms with Gasteiger partial charge in [-0.1, -0.05) is 13.0 Å². The average molecular weight is 288 g/mol. The van der Waals surface area contributed by atoms with Crippen molar-refractivity contribution >= 4 is 0 Å². The van der Waals surface area contributed by atoms with Crippen LogP contribution in [0.3, 0.4) is 0 Å². The zero-order valence-electron chi connectivity index (χ0n) is 9.13. The third-order valence-electron chi connectivity index (χ3n) is 2.23. The van der Waals surface area contributed by atoms with Crippen molar-refractivity contribution in [2.45, 2.75) is 32.4 Å². The predicted octanol–water partition coefficient (Wildman–Crippen LogP) is 4.87. The van der Waals surface area contributed by atoms with Gasteiger partial charge in [-0.2, -0.15) is 39.5 Å². The Bertz CT molecular complexity index is 303. The van der Waals surface area contributed by atoms with E-state index >= 15 is 0 Å². The van der Waals surface area contributed by atoms with Gasteiger partial charge in [0.25, 0.3) is 0 Å². The van der Waals surface area contributed by atoms with E-state index in [2.05, 4.69) is 0 Å². The second kappa shape index (κ2) is 5.00. The van der Waals surface area contributed by atoms with E-state index in [1.165, 1.54) is 0 Å². The lowest BCUT2D eigenvalue weighted by Crippen LogP contribution is -2.31. The van der Waals surface area contributed by atoms with Gasteiger partial charge < -0.3 is 0 Å². The van der Waals surface area contributed by atoms with Crippen molar-refractivity contribution in [3.05, 3.63) is 11.6 Å². The third kappa shape index (κ3) is 4.77. The lowest BCUT2D eigenvalue weighted by molar-refractivity contribution is -0.184. The van der Waals surface area contributed by atoms with Crippen LogP contribution >= 0.6 is 0 Å². The van der Waals surface area contributed by atoms with Crippen LogP contribution in [0.2, 0.25) is 0 Å². The fourth-order valence-corrected chi connectivity index (χ4v) is 1.02. The van der Waals surface area contributed by atoms with Gasteiger partial charge in [0.15, 0.2) is 0 Å². The molecule has 0 saturated heterocycles. The molecule has 2 atom stereocenters. The minimum atomic E-state index is -5.46. The van der Waals surface area contributed by atoms with Crippen molar-refractivity contribution < 1.29 is 39.5 Å². The molecule has 0 fully saturated rings. The Kier molecular flexibility index (Phi) is 4.76. The summed E-state index contributed by atoms with van der Waals surface area (Å²) < 4.78 is 110. The van der Waals surface area contributed by atoms with Gasteiger partial charge in [0.1, 0.15) is 0 Å². The SMILES string of the molecule is CC(C=C(C(C)C(F)(F)F)C(F)(F)F)C(F)(F)F. The van der Waals surface area contributed by atoms with Gasteiger partial charge in [-0.3, -0.25) is 0 Å². The van der Waals surface area contributed by atoms with E-state index in [1.54, 1.807) is 0 Å². The lowest BCUT2D eigenvalue weighted by Gasteiger charge is -2.23. The molecule has 0 saturated carbocycles. The van der Waals surface area contributed by atoms with Crippen molar-refractivity contribution in [2.24, 2.45) is 11.8 Å². The van der Waals surface area contributed by atoms with Gasteiger partial charge in [0, 0.05) is 5.57 Å². The molecule has 0 radical (unpaired) electrons. The predicted molar refractivity (Wildman–Crippen MR) is 44.6 cm³/mol. The van der Waals surface area contributed by atoms with Crippen molar-refractivity contribution in [1.82, 2.24) is 0 Å². The Labute approximate surface area is 96.5 Å². The average Bonchev–Trinajstić information content (AvgIpc) is 2.07. The van der Waals surface area contributed by atoms with E-state index in [1.807, 2.05) is 0 Å². The molecule has 18 heavy (non-hydrogen) atoms. The van der Waals surface area contributed by atoms with E-state index < -0.39 is 42.0 Å². The van der Waals surface area contributed by atoms with E-state index in [0.29, 0.717) is 6.92 Å². The summed E-state index contributed by atoms with van der Waals surface area (Å²) in [5.41, 5.74) is -2.24. The summed E-state index contributed by atoms with van der Waals surface area (Å²) in [6.45, 7) is 0.525. The summed E-state index contributed by atoms with van der Waals surface area (Å²) >= 11 is 0. The summed E-state index contributed by atoms with van der Waals surface area (Å²) in [6, 6.07) is 0. The Balaban J connectivity index is 5.48. The molecule has 9 heteroatoms. The highest BCUT2D eigenvalue weighted by Crippen LogP contribution is 2.42. The molecule has 0 spiro atoms. The van der Waals surface area contributed by atoms with Crippen molar-refractivity contribution in [3.63, 3.8) is 0 Å². The van der Waals surface area contributed by atoms with Gasteiger partial charge >= 0.3 is 18.5 Å². The molecule has 0 aliphatic carbocycles. The van der Waals surface area contributed by atoms with E-state index in [0.717, 1.165) is 0 Å². The zero-order chi connectivity index (χ0) is 14.9. The Morgan fingerprint density at radius 2 is 1.17 bits per heavy atom. The first-order chi connectivity index (χ1) is 7.67. The van der Waals surface area contributed by atoms with Crippen LogP contribution in [0.5, 0.6) is 0 Å². The highest BCUT2D eigenvalue weighted by atomic mass is 19.4. The standard InChI is InChI=1S/C9H9F9/c1-4(7(10,11)12)3-6(9(16,17)18)5(2)8(13,14)15/h3-5H,1-2H3. The maximum absolute atomic E-state index is 12.3. The Morgan fingerprint density at radius 3 is 1.39 bits per heavy atom. The fraction of sp³-hybridized carbons (Fsp3) is 0.778. The fourth-order valence-electron chi connectivity index (χ4n) is 1.02. The minimum absolute atomic E-state index is 0.169. The van der Waals surface area contributed by atoms with Gasteiger partial charge in [0.2, 0.25) is 0 Å². The normalized spacial score (nSPS) is 18.7. The smallest absolute Gasteiger partial charge is 0.170 e. The minimum Gasteiger partial charge on any atom is -0.170 e. The summed E-state index contributed by atoms with van der Waals surface area (Å²) in [6.07, 6.45) is -16.2. The van der Waals surface area contributed by atoms with Crippen LogP contribution in [0.25, 0.3) is 0 Å². The highest BCUT2D eigenvalue weighted by Gasteiger charge is 2.49. The lowest BCUT2D eigenvalue weighted by atomic mass is 9.95. The highest BCUT2D eigenvalue weighted by molar-refractivity contribution is 5.16. The van der Waals surface area contributed by atoms with Crippen LogP contribution < -0.4 is 0 Å². The molecule has 2 unspecified atom stereocenters. The van der Waals surface area contributed by atoms with Crippen molar-refractivity contribution in [1.29, 1.82) is 0 Å². The number of halogens is 9. The summed E-state index contributed by atoms with van der Waals surface area (Å²) in [5.74, 6) is -5.62. The molecule has 0 aromatic rings. The number of hydrogen-bond donors (Lipinski definition) is 0. The summed E-state index contributed by atoms with van der Waals surface area (Å²) in [7, 11) is 0. The van der Waals surface area contributed by atoms with Crippen LogP contribution in [-0.4, -0.2) is 18.5 Å². The number of hydrogen-bond acceptors (Lipinski definition) is 0. The summed E-state index contributed by atoms with van der Waals surface area (Å²) in [5, 5.41) is 0. The van der Waals surface area contributed by atoms with Gasteiger partial charge in [-0.15, -0.1) is 0 Å². The number of alkyl halides is 9. The van der Waals surface area contributed by atoms with E-state index in [4.69, 9.17) is 0 Å². The molecule has 0 heterocycles. The second-order valence-electron chi connectivity index (χ2n) is 3.71. The first-order valence-corrected chi connectivity index (χ1v) is 4.59. The van der Waals surface area contributed by atoms with Gasteiger partial charge in [-0.05, 0) is 6.92 Å². The molecule has 0 rings (SSSR count). The van der Waals surface area contributed by atoms with Crippen LogP contribution in [0.4, 0.5) is 39.5 Å². The van der Waals surface area contributed by atoms with Crippen LogP contribution in [-0.2, 0) is 0 Å². The third-order valence-corrected chi connectivity index (χ3v) is 2.23. The topological polar surface area (TPSA) is 0 Å². The molecule has 0 aliphatic heterocycles. The molecule has 0 nitrogen and oxygen atoms in total. The molecule has 0 aromatic carbocycles. The van der Waals surface area contributed by atoms with Crippen molar-refractivity contribution in [3.8, 4) is 0 Å². The molecule has 0 N–H and O–H groups in total. The summed E-state index contributed by atoms with van der Waals surface area (Å²) in [4.78, 5) is 0. The van der Waals surface area contributed by atoms with Crippen LogP contribution in [0.1, 0.15) is 13.8 Å². The van der Waals surface area contributed by atoms with E-state index in [-0.39, 0.29) is 6.92 Å². The monoisotopic (exact) mass is 288 g/mol. The van der Waals surface area contributed by atoms with Gasteiger partial charge in [-0.25, -0.2) is 0 Å². The maximum Gasteiger partial charge on any atom is 0.412 e. The quantitative estimate of drug-likeness (QED) is 0.502. The molecule has 0 aliphatic rings. The van der Waals surface area contributed by atoms with Gasteiger partial charge in [0.05, 0.1) is 11.8 Å². The second-order valence-corrected chi connectivity index (χ2v) is 3.71. The maximum atomic E-state index is 12.3. The first-order valence-electron chi connectivity index (χ1n) is 4.59. The van der Waals surface area contributed by atoms with Crippen LogP contribution in [0, 0.1) is 11.8 Å². The molecular formula is C9H9F9. The molecule has 0 bridgehead atoms. The zero-order valence-corrected chi connectivity index (χ0v) is 9.13. The first kappa shape index (κ1) is 17.1. The largest absolute Gasteiger partial charge is 0.412 e.